The maximum absolute atomic E-state index is 12.8. The Morgan fingerprint density at radius 3 is 2.33 bits per heavy atom. The van der Waals surface area contributed by atoms with E-state index in [4.69, 9.17) is 23.2 Å². The predicted molar refractivity (Wildman–Crippen MR) is 109 cm³/mol. The Balaban J connectivity index is 1.36. The summed E-state index contributed by atoms with van der Waals surface area (Å²) in [5.41, 5.74) is 0.882. The molecule has 0 radical (unpaired) electrons. The van der Waals surface area contributed by atoms with E-state index in [1.165, 1.54) is 0 Å². The highest BCUT2D eigenvalue weighted by atomic mass is 35.5. The molecule has 0 aliphatic carbocycles. The van der Waals surface area contributed by atoms with Gasteiger partial charge in [0.1, 0.15) is 0 Å². The van der Waals surface area contributed by atoms with Crippen LogP contribution in [-0.2, 0) is 4.79 Å². The largest absolute Gasteiger partial charge is 0.366 e. The molecule has 3 fully saturated rings. The van der Waals surface area contributed by atoms with Crippen molar-refractivity contribution in [3.63, 3.8) is 0 Å². The van der Waals surface area contributed by atoms with Gasteiger partial charge in [0, 0.05) is 64.2 Å². The summed E-state index contributed by atoms with van der Waals surface area (Å²) in [7, 11) is 0. The van der Waals surface area contributed by atoms with Gasteiger partial charge in [0.2, 0.25) is 5.91 Å². The lowest BCUT2D eigenvalue weighted by Crippen LogP contribution is -2.53. The number of nitrogens with zero attached hydrogens (tertiary/aromatic N) is 4. The fourth-order valence-corrected chi connectivity index (χ4v) is 5.34. The van der Waals surface area contributed by atoms with Gasteiger partial charge in [-0.3, -0.25) is 14.7 Å². The first kappa shape index (κ1) is 19.2. The molecule has 3 aliphatic rings. The van der Waals surface area contributed by atoms with Crippen molar-refractivity contribution >= 4 is 34.8 Å². The molecule has 3 aliphatic heterocycles. The van der Waals surface area contributed by atoms with Gasteiger partial charge < -0.3 is 15.1 Å². The maximum Gasteiger partial charge on any atom is 0.240 e. The third-order valence-electron chi connectivity index (χ3n) is 6.29. The van der Waals surface area contributed by atoms with Crippen LogP contribution in [0.5, 0.6) is 0 Å². The summed E-state index contributed by atoms with van der Waals surface area (Å²) in [6.45, 7) is 8.55. The zero-order chi connectivity index (χ0) is 19.0. The molecule has 0 unspecified atom stereocenters. The van der Waals surface area contributed by atoms with Crippen LogP contribution in [-0.4, -0.2) is 78.6 Å². The summed E-state index contributed by atoms with van der Waals surface area (Å²) in [4.78, 5) is 23.6. The first-order valence-corrected chi connectivity index (χ1v) is 10.6. The number of likely N-dealkylation sites (tertiary alicyclic amines) is 1. The van der Waals surface area contributed by atoms with Crippen molar-refractivity contribution in [3.05, 3.63) is 22.4 Å². The molecule has 1 amide bonds. The molecule has 0 aromatic carbocycles. The van der Waals surface area contributed by atoms with Crippen LogP contribution in [0.25, 0.3) is 0 Å². The Labute approximate surface area is 170 Å². The van der Waals surface area contributed by atoms with Crippen molar-refractivity contribution in [2.75, 3.05) is 50.7 Å². The summed E-state index contributed by atoms with van der Waals surface area (Å²) in [6, 6.07) is 0.349. The number of carbonyl (C=O) groups is 1. The molecule has 1 aromatic rings. The number of hydrogen-bond acceptors (Lipinski definition) is 5. The van der Waals surface area contributed by atoms with Crippen LogP contribution in [0.15, 0.2) is 12.4 Å². The Kier molecular flexibility index (Phi) is 5.78. The molecule has 0 spiro atoms. The quantitative estimate of drug-likeness (QED) is 0.825. The molecule has 4 rings (SSSR count). The van der Waals surface area contributed by atoms with Gasteiger partial charge in [0.15, 0.2) is 0 Å². The van der Waals surface area contributed by atoms with Gasteiger partial charge in [-0.2, -0.15) is 0 Å². The Bertz CT molecular complexity index is 668. The van der Waals surface area contributed by atoms with E-state index in [1.54, 1.807) is 12.4 Å². The number of pyridine rings is 1. The molecule has 3 saturated heterocycles. The number of aromatic nitrogens is 1. The maximum atomic E-state index is 12.8. The van der Waals surface area contributed by atoms with Gasteiger partial charge in [-0.25, -0.2) is 0 Å². The van der Waals surface area contributed by atoms with E-state index in [9.17, 15) is 4.79 Å². The minimum atomic E-state index is -0.0461. The third-order valence-corrected chi connectivity index (χ3v) is 6.84. The van der Waals surface area contributed by atoms with Crippen molar-refractivity contribution in [2.45, 2.75) is 31.8 Å². The summed E-state index contributed by atoms with van der Waals surface area (Å²) >= 11 is 12.6. The van der Waals surface area contributed by atoms with Crippen LogP contribution in [0.3, 0.4) is 0 Å². The second kappa shape index (κ2) is 8.11. The van der Waals surface area contributed by atoms with Crippen LogP contribution in [0.1, 0.15) is 19.8 Å². The Hall–Kier alpha value is -1.08. The lowest BCUT2D eigenvalue weighted by Gasteiger charge is -2.40. The molecule has 3 atom stereocenters. The predicted octanol–water partition coefficient (Wildman–Crippen LogP) is 2.11. The number of rotatable bonds is 3. The number of carbonyl (C=O) groups excluding carboxylic acids is 1. The van der Waals surface area contributed by atoms with Crippen LogP contribution in [0, 0.1) is 5.92 Å². The van der Waals surface area contributed by atoms with Crippen molar-refractivity contribution in [2.24, 2.45) is 5.92 Å². The minimum absolute atomic E-state index is 0.0461. The SMILES string of the molecule is C[C@@H]1[C@@H](C(=O)N2CCCC2)NC[C@H]1N1CCN(c2c(Cl)cncc2Cl)CC1. The monoisotopic (exact) mass is 411 g/mol. The van der Waals surface area contributed by atoms with E-state index in [1.807, 2.05) is 4.90 Å². The molecule has 8 heteroatoms. The van der Waals surface area contributed by atoms with Gasteiger partial charge in [-0.15, -0.1) is 0 Å². The summed E-state index contributed by atoms with van der Waals surface area (Å²) in [5, 5.41) is 4.69. The number of halogens is 2. The van der Waals surface area contributed by atoms with E-state index in [2.05, 4.69) is 27.0 Å². The molecule has 6 nitrogen and oxygen atoms in total. The van der Waals surface area contributed by atoms with E-state index in [0.29, 0.717) is 22.0 Å². The number of amides is 1. The highest BCUT2D eigenvalue weighted by Crippen LogP contribution is 2.34. The average Bonchev–Trinajstić information content (AvgIpc) is 3.32. The van der Waals surface area contributed by atoms with Gasteiger partial charge in [-0.05, 0) is 18.8 Å². The topological polar surface area (TPSA) is 51.7 Å². The van der Waals surface area contributed by atoms with Gasteiger partial charge in [0.25, 0.3) is 0 Å². The first-order valence-electron chi connectivity index (χ1n) is 9.86. The fourth-order valence-electron chi connectivity index (χ4n) is 4.73. The highest BCUT2D eigenvalue weighted by molar-refractivity contribution is 6.38. The zero-order valence-electron chi connectivity index (χ0n) is 15.7. The molecule has 27 heavy (non-hydrogen) atoms. The molecular weight excluding hydrogens is 385 g/mol. The van der Waals surface area contributed by atoms with E-state index in [0.717, 1.165) is 64.3 Å². The Morgan fingerprint density at radius 2 is 1.70 bits per heavy atom. The summed E-state index contributed by atoms with van der Waals surface area (Å²) < 4.78 is 0. The lowest BCUT2D eigenvalue weighted by molar-refractivity contribution is -0.133. The molecular formula is C19H27Cl2N5O. The van der Waals surface area contributed by atoms with Gasteiger partial charge >= 0.3 is 0 Å². The smallest absolute Gasteiger partial charge is 0.240 e. The summed E-state index contributed by atoms with van der Waals surface area (Å²) in [5.74, 6) is 0.606. The van der Waals surface area contributed by atoms with Crippen molar-refractivity contribution in [1.29, 1.82) is 0 Å². The van der Waals surface area contributed by atoms with Crippen molar-refractivity contribution < 1.29 is 4.79 Å². The normalized spacial score (nSPS) is 29.5. The standard InChI is InChI=1S/C19H27Cl2N5O/c1-13-16(12-23-17(13)19(27)26-4-2-3-5-26)24-6-8-25(9-7-24)18-14(20)10-22-11-15(18)21/h10-11,13,16-17,23H,2-9,12H2,1H3/t13-,16+,17-/m0/s1. The fraction of sp³-hybridized carbons (Fsp3) is 0.684. The van der Waals surface area contributed by atoms with E-state index in [-0.39, 0.29) is 11.9 Å². The Morgan fingerprint density at radius 1 is 1.07 bits per heavy atom. The van der Waals surface area contributed by atoms with E-state index >= 15 is 0 Å². The van der Waals surface area contributed by atoms with Crippen LogP contribution in [0.2, 0.25) is 10.0 Å². The lowest BCUT2D eigenvalue weighted by atomic mass is 9.96. The average molecular weight is 412 g/mol. The summed E-state index contributed by atoms with van der Waals surface area (Å²) in [6.07, 6.45) is 5.57. The number of anilines is 1. The molecule has 0 saturated carbocycles. The first-order chi connectivity index (χ1) is 13.1. The second-order valence-corrected chi connectivity index (χ2v) is 8.63. The van der Waals surface area contributed by atoms with Crippen LogP contribution >= 0.6 is 23.2 Å². The highest BCUT2D eigenvalue weighted by Gasteiger charge is 2.42. The molecule has 4 heterocycles. The third kappa shape index (κ3) is 3.77. The number of piperazine rings is 1. The van der Waals surface area contributed by atoms with Crippen molar-refractivity contribution in [1.82, 2.24) is 20.1 Å². The molecule has 0 bridgehead atoms. The van der Waals surface area contributed by atoms with Gasteiger partial charge in [-0.1, -0.05) is 30.1 Å². The molecule has 1 N–H and O–H groups in total. The molecule has 1 aromatic heterocycles. The number of hydrogen-bond donors (Lipinski definition) is 1. The number of nitrogens with one attached hydrogen (secondary N) is 1. The van der Waals surface area contributed by atoms with Crippen molar-refractivity contribution in [3.8, 4) is 0 Å². The van der Waals surface area contributed by atoms with Gasteiger partial charge in [0.05, 0.1) is 21.8 Å². The van der Waals surface area contributed by atoms with Crippen LogP contribution in [0.4, 0.5) is 5.69 Å². The van der Waals surface area contributed by atoms with E-state index < -0.39 is 0 Å². The zero-order valence-corrected chi connectivity index (χ0v) is 17.2. The van der Waals surface area contributed by atoms with Crippen LogP contribution < -0.4 is 10.2 Å². The minimum Gasteiger partial charge on any atom is -0.366 e. The molecule has 148 valence electrons. The second-order valence-electron chi connectivity index (χ2n) is 7.82.